The van der Waals surface area contributed by atoms with Crippen molar-refractivity contribution in [1.29, 1.82) is 5.26 Å². The summed E-state index contributed by atoms with van der Waals surface area (Å²) in [6, 6.07) is 8.90. The third kappa shape index (κ3) is 4.16. The molecular formula is C21H20BrNO6S. The Balaban J connectivity index is 2.15. The molecular weight excluding hydrogens is 474 g/mol. The maximum absolute atomic E-state index is 12.9. The topological polar surface area (TPSA) is 136 Å². The molecule has 30 heavy (non-hydrogen) atoms. The van der Waals surface area contributed by atoms with Gasteiger partial charge in [0.05, 0.1) is 17.2 Å². The van der Waals surface area contributed by atoms with Crippen LogP contribution >= 0.6 is 15.9 Å². The molecule has 2 aromatic rings. The predicted octanol–water partition coefficient (Wildman–Crippen LogP) is 4.26. The van der Waals surface area contributed by atoms with Gasteiger partial charge in [0.15, 0.2) is 9.84 Å². The summed E-state index contributed by atoms with van der Waals surface area (Å²) in [4.78, 5) is 11.4. The molecule has 0 spiro atoms. The lowest BCUT2D eigenvalue weighted by Crippen LogP contribution is -2.27. The van der Waals surface area contributed by atoms with Crippen molar-refractivity contribution >= 4 is 31.7 Å². The van der Waals surface area contributed by atoms with Crippen LogP contribution in [0.2, 0.25) is 0 Å². The van der Waals surface area contributed by atoms with E-state index in [0.29, 0.717) is 22.9 Å². The fourth-order valence-electron chi connectivity index (χ4n) is 3.88. The van der Waals surface area contributed by atoms with Crippen molar-refractivity contribution in [3.63, 3.8) is 0 Å². The molecule has 0 radical (unpaired) electrons. The molecule has 0 unspecified atom stereocenters. The van der Waals surface area contributed by atoms with Crippen molar-refractivity contribution in [1.82, 2.24) is 0 Å². The van der Waals surface area contributed by atoms with Crippen LogP contribution in [0.15, 0.2) is 39.7 Å². The van der Waals surface area contributed by atoms with E-state index < -0.39 is 44.0 Å². The molecule has 0 amide bonds. The number of carboxylic acid groups (broad SMARTS) is 1. The van der Waals surface area contributed by atoms with Gasteiger partial charge in [-0.15, -0.1) is 0 Å². The molecule has 1 fully saturated rings. The minimum Gasteiger partial charge on any atom is -0.507 e. The lowest BCUT2D eigenvalue weighted by Gasteiger charge is -2.32. The summed E-state index contributed by atoms with van der Waals surface area (Å²) in [6.07, 6.45) is 3.64. The number of hydrogen-bond acceptors (Lipinski definition) is 6. The number of phenols is 2. The minimum absolute atomic E-state index is 0.121. The molecule has 1 aliphatic carbocycles. The molecule has 9 heteroatoms. The average molecular weight is 494 g/mol. The molecule has 2 aromatic carbocycles. The molecule has 0 atom stereocenters. The number of nitrogens with zero attached hydrogens (tertiary/aromatic N) is 1. The number of aromatic hydroxyl groups is 2. The van der Waals surface area contributed by atoms with Crippen molar-refractivity contribution < 1.29 is 28.5 Å². The largest absolute Gasteiger partial charge is 0.507 e. The first-order valence-electron chi connectivity index (χ1n) is 9.32. The average Bonchev–Trinajstić information content (AvgIpc) is 2.71. The summed E-state index contributed by atoms with van der Waals surface area (Å²) in [6.45, 7) is 0. The Labute approximate surface area is 182 Å². The van der Waals surface area contributed by atoms with Crippen molar-refractivity contribution in [3.05, 3.63) is 51.5 Å². The number of carboxylic acids is 1. The van der Waals surface area contributed by atoms with Crippen LogP contribution in [-0.4, -0.2) is 29.7 Å². The highest BCUT2D eigenvalue weighted by Crippen LogP contribution is 2.42. The van der Waals surface area contributed by atoms with Crippen molar-refractivity contribution in [2.75, 3.05) is 0 Å². The van der Waals surface area contributed by atoms with Crippen molar-refractivity contribution in [2.45, 2.75) is 48.2 Å². The van der Waals surface area contributed by atoms with E-state index >= 15 is 0 Å². The van der Waals surface area contributed by atoms with Crippen LogP contribution in [0.1, 0.15) is 53.6 Å². The minimum atomic E-state index is -4.12. The van der Waals surface area contributed by atoms with Crippen molar-refractivity contribution in [3.8, 4) is 17.6 Å². The van der Waals surface area contributed by atoms with Crippen LogP contribution in [0, 0.1) is 11.3 Å². The molecule has 158 valence electrons. The van der Waals surface area contributed by atoms with Crippen LogP contribution in [0.5, 0.6) is 11.5 Å². The Hall–Kier alpha value is -2.57. The number of benzene rings is 2. The molecule has 0 saturated heterocycles. The number of nitriles is 1. The molecule has 0 aliphatic heterocycles. The lowest BCUT2D eigenvalue weighted by molar-refractivity contribution is 0.0693. The maximum atomic E-state index is 12.9. The quantitative estimate of drug-likeness (QED) is 0.565. The van der Waals surface area contributed by atoms with E-state index in [-0.39, 0.29) is 10.5 Å². The van der Waals surface area contributed by atoms with E-state index in [0.717, 1.165) is 19.3 Å². The smallest absolute Gasteiger partial charge is 0.339 e. The normalized spacial score (nSPS) is 16.0. The SMILES string of the molecule is N#CC1(c2cc(CS(=O)(=O)c3cc(Br)ccc3O)c(O)c(C(=O)O)c2)CCCCC1. The third-order valence-electron chi connectivity index (χ3n) is 5.50. The summed E-state index contributed by atoms with van der Waals surface area (Å²) in [5.74, 6) is -3.25. The maximum Gasteiger partial charge on any atom is 0.339 e. The molecule has 7 nitrogen and oxygen atoms in total. The number of halogens is 1. The van der Waals surface area contributed by atoms with Gasteiger partial charge in [-0.25, -0.2) is 13.2 Å². The number of phenolic OH excluding ortho intramolecular Hbond substituents is 1. The van der Waals surface area contributed by atoms with Crippen LogP contribution in [-0.2, 0) is 21.0 Å². The molecule has 1 saturated carbocycles. The summed E-state index contributed by atoms with van der Waals surface area (Å²) >= 11 is 3.16. The first-order chi connectivity index (χ1) is 14.1. The second-order valence-corrected chi connectivity index (χ2v) is 10.3. The van der Waals surface area contributed by atoms with E-state index in [1.807, 2.05) is 0 Å². The monoisotopic (exact) mass is 493 g/mol. The Bertz CT molecular complexity index is 1150. The lowest BCUT2D eigenvalue weighted by atomic mass is 9.70. The number of sulfone groups is 1. The summed E-state index contributed by atoms with van der Waals surface area (Å²) < 4.78 is 26.3. The number of aromatic carboxylic acids is 1. The Morgan fingerprint density at radius 2 is 1.80 bits per heavy atom. The van der Waals surface area contributed by atoms with E-state index in [1.165, 1.54) is 30.3 Å². The van der Waals surface area contributed by atoms with Gasteiger partial charge in [0.2, 0.25) is 0 Å². The van der Waals surface area contributed by atoms with Gasteiger partial charge in [-0.3, -0.25) is 0 Å². The van der Waals surface area contributed by atoms with Crippen molar-refractivity contribution in [2.24, 2.45) is 0 Å². The zero-order valence-electron chi connectivity index (χ0n) is 15.9. The summed E-state index contributed by atoms with van der Waals surface area (Å²) in [7, 11) is -4.12. The fraction of sp³-hybridized carbons (Fsp3) is 0.333. The Kier molecular flexibility index (Phi) is 6.11. The van der Waals surface area contributed by atoms with Gasteiger partial charge >= 0.3 is 5.97 Å². The summed E-state index contributed by atoms with van der Waals surface area (Å²) in [5.41, 5.74) is -1.10. The van der Waals surface area contributed by atoms with Gasteiger partial charge in [0, 0.05) is 10.0 Å². The standard InChI is InChI=1S/C21H20BrNO6S/c22-15-4-5-17(24)18(10-15)30(28,29)11-13-8-14(9-16(19(13)25)20(26)27)21(12-23)6-2-1-3-7-21/h4-5,8-10,24-25H,1-3,6-7,11H2,(H,26,27). The second kappa shape index (κ2) is 8.28. The van der Waals surface area contributed by atoms with Gasteiger partial charge in [-0.1, -0.05) is 35.2 Å². The van der Waals surface area contributed by atoms with E-state index in [1.54, 1.807) is 0 Å². The first-order valence-corrected chi connectivity index (χ1v) is 11.8. The third-order valence-corrected chi connectivity index (χ3v) is 7.68. The van der Waals surface area contributed by atoms with Crippen LogP contribution in [0.25, 0.3) is 0 Å². The van der Waals surface area contributed by atoms with Crippen LogP contribution in [0.4, 0.5) is 0 Å². The molecule has 1 aliphatic rings. The van der Waals surface area contributed by atoms with Gasteiger partial charge in [0.1, 0.15) is 22.0 Å². The first kappa shape index (κ1) is 22.1. The molecule has 0 heterocycles. The van der Waals surface area contributed by atoms with Gasteiger partial charge < -0.3 is 15.3 Å². The highest BCUT2D eigenvalue weighted by atomic mass is 79.9. The van der Waals surface area contributed by atoms with E-state index in [9.17, 15) is 33.8 Å². The number of carbonyl (C=O) groups is 1. The zero-order chi connectivity index (χ0) is 22.1. The molecule has 3 N–H and O–H groups in total. The van der Waals surface area contributed by atoms with Gasteiger partial charge in [0.25, 0.3) is 0 Å². The highest BCUT2D eigenvalue weighted by Gasteiger charge is 2.36. The summed E-state index contributed by atoms with van der Waals surface area (Å²) in [5, 5.41) is 39.8. The number of rotatable bonds is 5. The molecule has 0 aromatic heterocycles. The fourth-order valence-corrected chi connectivity index (χ4v) is 5.87. The Morgan fingerprint density at radius 3 is 2.40 bits per heavy atom. The number of hydrogen-bond donors (Lipinski definition) is 3. The molecule has 0 bridgehead atoms. The van der Waals surface area contributed by atoms with Crippen LogP contribution in [0.3, 0.4) is 0 Å². The van der Waals surface area contributed by atoms with E-state index in [4.69, 9.17) is 0 Å². The molecule has 3 rings (SSSR count). The van der Waals surface area contributed by atoms with Gasteiger partial charge in [-0.2, -0.15) is 5.26 Å². The van der Waals surface area contributed by atoms with Crippen LogP contribution < -0.4 is 0 Å². The van der Waals surface area contributed by atoms with E-state index in [2.05, 4.69) is 22.0 Å². The zero-order valence-corrected chi connectivity index (χ0v) is 18.3. The predicted molar refractivity (Wildman–Crippen MR) is 112 cm³/mol. The van der Waals surface area contributed by atoms with Gasteiger partial charge in [-0.05, 0) is 48.7 Å². The second-order valence-electron chi connectivity index (χ2n) is 7.46. The highest BCUT2D eigenvalue weighted by molar-refractivity contribution is 9.10. The Morgan fingerprint density at radius 1 is 1.13 bits per heavy atom.